The van der Waals surface area contributed by atoms with Gasteiger partial charge in [-0.05, 0) is 30.7 Å². The first kappa shape index (κ1) is 18.4. The van der Waals surface area contributed by atoms with E-state index in [0.29, 0.717) is 11.3 Å². The molecule has 1 saturated heterocycles. The largest absolute Gasteiger partial charge is 0.497 e. The van der Waals surface area contributed by atoms with E-state index < -0.39 is 0 Å². The van der Waals surface area contributed by atoms with Crippen molar-refractivity contribution in [1.29, 1.82) is 0 Å². The van der Waals surface area contributed by atoms with E-state index >= 15 is 0 Å². The maximum Gasteiger partial charge on any atom is 0.251 e. The maximum atomic E-state index is 12.8. The first-order valence-corrected chi connectivity index (χ1v) is 8.97. The van der Waals surface area contributed by atoms with E-state index in [2.05, 4.69) is 41.4 Å². The molecule has 1 fully saturated rings. The minimum atomic E-state index is -0.0947. The summed E-state index contributed by atoms with van der Waals surface area (Å²) in [7, 11) is 1.60. The Balaban J connectivity index is 1.77. The van der Waals surface area contributed by atoms with Crippen molar-refractivity contribution in [3.8, 4) is 5.75 Å². The van der Waals surface area contributed by atoms with Gasteiger partial charge in [-0.25, -0.2) is 0 Å². The van der Waals surface area contributed by atoms with Crippen molar-refractivity contribution in [2.75, 3.05) is 40.0 Å². The number of carbonyl (C=O) groups excluding carboxylic acids is 1. The molecule has 1 aliphatic heterocycles. The van der Waals surface area contributed by atoms with Crippen LogP contribution in [0.2, 0.25) is 0 Å². The number of nitrogens with zero attached hydrogens (tertiary/aromatic N) is 1. The molecule has 26 heavy (non-hydrogen) atoms. The van der Waals surface area contributed by atoms with E-state index in [0.717, 1.165) is 38.4 Å². The fraction of sp³-hybridized carbons (Fsp3) is 0.381. The van der Waals surface area contributed by atoms with Gasteiger partial charge in [0.15, 0.2) is 0 Å². The number of carbonyl (C=O) groups is 1. The number of methoxy groups -OCH3 is 1. The van der Waals surface area contributed by atoms with Crippen molar-refractivity contribution in [2.24, 2.45) is 0 Å². The minimum absolute atomic E-state index is 0.0765. The number of hydrogen-bond donors (Lipinski definition) is 1. The van der Waals surface area contributed by atoms with Crippen LogP contribution in [0.4, 0.5) is 0 Å². The molecule has 2 aromatic rings. The summed E-state index contributed by atoms with van der Waals surface area (Å²) in [6.07, 6.45) is 0. The molecule has 5 heteroatoms. The van der Waals surface area contributed by atoms with Crippen molar-refractivity contribution in [3.05, 3.63) is 65.2 Å². The number of aryl methyl sites for hydroxylation is 1. The van der Waals surface area contributed by atoms with Gasteiger partial charge in [0.05, 0.1) is 26.4 Å². The Morgan fingerprint density at radius 3 is 2.62 bits per heavy atom. The molecule has 3 rings (SSSR count). The van der Waals surface area contributed by atoms with Gasteiger partial charge in [0, 0.05) is 25.2 Å². The average molecular weight is 354 g/mol. The second kappa shape index (κ2) is 8.83. The number of morpholine rings is 1. The molecule has 1 N–H and O–H groups in total. The highest BCUT2D eigenvalue weighted by molar-refractivity contribution is 5.94. The molecule has 0 saturated carbocycles. The van der Waals surface area contributed by atoms with E-state index in [1.807, 2.05) is 12.1 Å². The molecule has 0 aliphatic carbocycles. The number of ether oxygens (including phenoxy) is 2. The molecule has 1 heterocycles. The van der Waals surface area contributed by atoms with E-state index in [1.165, 1.54) is 5.56 Å². The molecule has 1 amide bonds. The smallest absolute Gasteiger partial charge is 0.251 e. The predicted octanol–water partition coefficient (Wildman–Crippen LogP) is 2.81. The van der Waals surface area contributed by atoms with Crippen LogP contribution in [0.15, 0.2) is 48.5 Å². The Bertz CT molecular complexity index is 724. The van der Waals surface area contributed by atoms with Gasteiger partial charge in [0.1, 0.15) is 5.75 Å². The SMILES string of the molecule is COc1cccc(C(=O)N[C@@H](CN2CCOCC2)c2ccc(C)cc2)c1. The molecule has 5 nitrogen and oxygen atoms in total. The van der Waals surface area contributed by atoms with Crippen molar-refractivity contribution < 1.29 is 14.3 Å². The standard InChI is InChI=1S/C21H26N2O3/c1-16-6-8-17(9-7-16)20(15-23-10-12-26-13-11-23)22-21(24)18-4-3-5-19(14-18)25-2/h3-9,14,20H,10-13,15H2,1-2H3,(H,22,24)/t20-/m0/s1. The highest BCUT2D eigenvalue weighted by atomic mass is 16.5. The Hall–Kier alpha value is -2.37. The van der Waals surface area contributed by atoms with Gasteiger partial charge >= 0.3 is 0 Å². The molecule has 0 aromatic heterocycles. The van der Waals surface area contributed by atoms with Crippen molar-refractivity contribution in [1.82, 2.24) is 10.2 Å². The summed E-state index contributed by atoms with van der Waals surface area (Å²) in [5.41, 5.74) is 2.92. The molecule has 0 spiro atoms. The number of amides is 1. The summed E-state index contributed by atoms with van der Waals surface area (Å²) in [6, 6.07) is 15.5. The summed E-state index contributed by atoms with van der Waals surface area (Å²) in [6.45, 7) is 6.08. The lowest BCUT2D eigenvalue weighted by Crippen LogP contribution is -2.43. The molecule has 1 atom stereocenters. The quantitative estimate of drug-likeness (QED) is 0.867. The number of rotatable bonds is 6. The van der Waals surface area contributed by atoms with Crippen LogP contribution >= 0.6 is 0 Å². The van der Waals surface area contributed by atoms with Crippen LogP contribution in [0.1, 0.15) is 27.5 Å². The molecular weight excluding hydrogens is 328 g/mol. The zero-order valence-corrected chi connectivity index (χ0v) is 15.4. The lowest BCUT2D eigenvalue weighted by atomic mass is 10.0. The van der Waals surface area contributed by atoms with Gasteiger partial charge in [-0.15, -0.1) is 0 Å². The average Bonchev–Trinajstić information content (AvgIpc) is 2.69. The number of benzene rings is 2. The third-order valence-corrected chi connectivity index (χ3v) is 4.66. The van der Waals surface area contributed by atoms with Gasteiger partial charge in [0.25, 0.3) is 5.91 Å². The fourth-order valence-electron chi connectivity index (χ4n) is 3.08. The second-order valence-electron chi connectivity index (χ2n) is 6.58. The van der Waals surface area contributed by atoms with Crippen LogP contribution in [-0.4, -0.2) is 50.8 Å². The molecule has 0 radical (unpaired) electrons. The first-order chi connectivity index (χ1) is 12.7. The van der Waals surface area contributed by atoms with Crippen LogP contribution in [0.25, 0.3) is 0 Å². The van der Waals surface area contributed by atoms with Gasteiger partial charge in [-0.2, -0.15) is 0 Å². The normalized spacial score (nSPS) is 16.1. The predicted molar refractivity (Wildman–Crippen MR) is 102 cm³/mol. The third kappa shape index (κ3) is 4.84. The first-order valence-electron chi connectivity index (χ1n) is 8.97. The highest BCUT2D eigenvalue weighted by Gasteiger charge is 2.21. The topological polar surface area (TPSA) is 50.8 Å². The van der Waals surface area contributed by atoms with Crippen molar-refractivity contribution in [2.45, 2.75) is 13.0 Å². The van der Waals surface area contributed by atoms with Crippen LogP contribution in [0.5, 0.6) is 5.75 Å². The summed E-state index contributed by atoms with van der Waals surface area (Å²) in [5, 5.41) is 3.19. The lowest BCUT2D eigenvalue weighted by molar-refractivity contribution is 0.0332. The zero-order chi connectivity index (χ0) is 18.4. The second-order valence-corrected chi connectivity index (χ2v) is 6.58. The molecule has 1 aliphatic rings. The van der Waals surface area contributed by atoms with Crippen LogP contribution in [-0.2, 0) is 4.74 Å². The summed E-state index contributed by atoms with van der Waals surface area (Å²) < 4.78 is 10.7. The number of nitrogens with one attached hydrogen (secondary N) is 1. The molecule has 0 unspecified atom stereocenters. The van der Waals surface area contributed by atoms with Crippen LogP contribution < -0.4 is 10.1 Å². The van der Waals surface area contributed by atoms with E-state index in [4.69, 9.17) is 9.47 Å². The summed E-state index contributed by atoms with van der Waals surface area (Å²) >= 11 is 0. The molecule has 138 valence electrons. The van der Waals surface area contributed by atoms with Gasteiger partial charge in [-0.3, -0.25) is 9.69 Å². The lowest BCUT2D eigenvalue weighted by Gasteiger charge is -2.31. The Labute approximate surface area is 154 Å². The van der Waals surface area contributed by atoms with Crippen LogP contribution in [0.3, 0.4) is 0 Å². The zero-order valence-electron chi connectivity index (χ0n) is 15.4. The van der Waals surface area contributed by atoms with E-state index in [9.17, 15) is 4.79 Å². The van der Waals surface area contributed by atoms with Gasteiger partial charge < -0.3 is 14.8 Å². The summed E-state index contributed by atoms with van der Waals surface area (Å²) in [4.78, 5) is 15.1. The third-order valence-electron chi connectivity index (χ3n) is 4.66. The number of hydrogen-bond acceptors (Lipinski definition) is 4. The van der Waals surface area contributed by atoms with Gasteiger partial charge in [-0.1, -0.05) is 35.9 Å². The van der Waals surface area contributed by atoms with Crippen molar-refractivity contribution in [3.63, 3.8) is 0 Å². The molecule has 0 bridgehead atoms. The Morgan fingerprint density at radius 2 is 1.92 bits per heavy atom. The minimum Gasteiger partial charge on any atom is -0.497 e. The Morgan fingerprint density at radius 1 is 1.19 bits per heavy atom. The monoisotopic (exact) mass is 354 g/mol. The molecule has 2 aromatic carbocycles. The van der Waals surface area contributed by atoms with Crippen molar-refractivity contribution >= 4 is 5.91 Å². The fourth-order valence-corrected chi connectivity index (χ4v) is 3.08. The maximum absolute atomic E-state index is 12.8. The molecular formula is C21H26N2O3. The summed E-state index contributed by atoms with van der Waals surface area (Å²) in [5.74, 6) is 0.584. The highest BCUT2D eigenvalue weighted by Crippen LogP contribution is 2.19. The van der Waals surface area contributed by atoms with Gasteiger partial charge in [0.2, 0.25) is 0 Å². The van der Waals surface area contributed by atoms with E-state index in [1.54, 1.807) is 19.2 Å². The Kier molecular flexibility index (Phi) is 6.26. The van der Waals surface area contributed by atoms with E-state index in [-0.39, 0.29) is 11.9 Å². The van der Waals surface area contributed by atoms with Crippen LogP contribution in [0, 0.1) is 6.92 Å².